The molecule has 0 aliphatic heterocycles. The molecule has 9 atom stereocenters. The molecule has 5 aliphatic rings. The van der Waals surface area contributed by atoms with Gasteiger partial charge >= 0.3 is 0 Å². The molecule has 5 saturated carbocycles. The number of unbranched alkanes of at least 4 members (excludes halogenated alkanes) is 2. The van der Waals surface area contributed by atoms with Crippen molar-refractivity contribution < 1.29 is 0 Å². The van der Waals surface area contributed by atoms with Crippen molar-refractivity contribution in [1.82, 2.24) is 0 Å². The van der Waals surface area contributed by atoms with Crippen LogP contribution in [-0.2, 0) is 0 Å². The molecule has 0 heteroatoms. The highest BCUT2D eigenvalue weighted by molar-refractivity contribution is 4.97. The van der Waals surface area contributed by atoms with Crippen LogP contribution in [0.4, 0.5) is 0 Å². The van der Waals surface area contributed by atoms with Crippen molar-refractivity contribution in [3.63, 3.8) is 0 Å². The van der Waals surface area contributed by atoms with Crippen molar-refractivity contribution in [2.75, 3.05) is 0 Å². The molecule has 0 spiro atoms. The molecule has 0 N–H and O–H groups in total. The summed E-state index contributed by atoms with van der Waals surface area (Å²) in [4.78, 5) is 0. The quantitative estimate of drug-likeness (QED) is 0.303. The van der Waals surface area contributed by atoms with E-state index in [1.54, 1.807) is 70.6 Å². The zero-order valence-electron chi connectivity index (χ0n) is 26.2. The summed E-state index contributed by atoms with van der Waals surface area (Å²) in [5, 5.41) is 0. The van der Waals surface area contributed by atoms with E-state index in [0.717, 1.165) is 65.1 Å². The number of hydrogen-bond acceptors (Lipinski definition) is 0. The van der Waals surface area contributed by atoms with Gasteiger partial charge in [-0.15, -0.1) is 0 Å². The Morgan fingerprint density at radius 3 is 1.84 bits per heavy atom. The second kappa shape index (κ2) is 15.1. The highest BCUT2D eigenvalue weighted by atomic mass is 14.5. The molecule has 0 bridgehead atoms. The molecule has 9 unspecified atom stereocenters. The lowest BCUT2D eigenvalue weighted by Crippen LogP contribution is -2.42. The lowest BCUT2D eigenvalue weighted by Gasteiger charge is -2.49. The third-order valence-corrected chi connectivity index (χ3v) is 12.8. The summed E-state index contributed by atoms with van der Waals surface area (Å²) in [6.45, 7) is 12.2. The molecule has 37 heavy (non-hydrogen) atoms. The Hall–Kier alpha value is 0. The predicted molar refractivity (Wildman–Crippen MR) is 164 cm³/mol. The van der Waals surface area contributed by atoms with Gasteiger partial charge in [0, 0.05) is 0 Å². The zero-order valence-corrected chi connectivity index (χ0v) is 26.2. The van der Waals surface area contributed by atoms with Crippen LogP contribution in [0.2, 0.25) is 0 Å². The summed E-state index contributed by atoms with van der Waals surface area (Å²) in [7, 11) is 0. The second-order valence-electron chi connectivity index (χ2n) is 15.6. The smallest absolute Gasteiger partial charge is 0.0324 e. The minimum Gasteiger partial charge on any atom is -0.0654 e. The first kappa shape index (κ1) is 30.0. The lowest BCUT2D eigenvalue weighted by atomic mass is 9.56. The first-order valence-electron chi connectivity index (χ1n) is 18.0. The third kappa shape index (κ3) is 8.26. The fourth-order valence-corrected chi connectivity index (χ4v) is 10.7. The molecule has 5 fully saturated rings. The van der Waals surface area contributed by atoms with E-state index in [1.807, 2.05) is 0 Å². The second-order valence-corrected chi connectivity index (χ2v) is 15.6. The minimum atomic E-state index is 1.01. The predicted octanol–water partition coefficient (Wildman–Crippen LogP) is 12.1. The van der Waals surface area contributed by atoms with Gasteiger partial charge in [-0.05, 0) is 116 Å². The maximum absolute atomic E-state index is 2.60. The van der Waals surface area contributed by atoms with Crippen LogP contribution in [0.3, 0.4) is 0 Å². The highest BCUT2D eigenvalue weighted by Crippen LogP contribution is 2.56. The Morgan fingerprint density at radius 2 is 1.14 bits per heavy atom. The molecule has 0 radical (unpaired) electrons. The fourth-order valence-electron chi connectivity index (χ4n) is 10.7. The first-order chi connectivity index (χ1) is 18.0. The molecule has 5 aliphatic carbocycles. The monoisotopic (exact) mass is 513 g/mol. The molecular weight excluding hydrogens is 444 g/mol. The molecule has 0 aromatic heterocycles. The van der Waals surface area contributed by atoms with Crippen LogP contribution in [0.5, 0.6) is 0 Å². The molecular formula is C37H68. The maximum atomic E-state index is 2.60. The van der Waals surface area contributed by atoms with Crippen LogP contribution in [0.15, 0.2) is 0 Å². The van der Waals surface area contributed by atoms with Crippen LogP contribution in [0.1, 0.15) is 169 Å². The molecule has 0 heterocycles. The summed E-state index contributed by atoms with van der Waals surface area (Å²) in [6, 6.07) is 0. The number of hydrogen-bond donors (Lipinski definition) is 0. The number of rotatable bonds is 8. The zero-order chi connectivity index (χ0) is 26.2. The average Bonchev–Trinajstić information content (AvgIpc) is 3.56. The van der Waals surface area contributed by atoms with E-state index in [4.69, 9.17) is 0 Å². The van der Waals surface area contributed by atoms with Gasteiger partial charge in [0.1, 0.15) is 0 Å². The van der Waals surface area contributed by atoms with Gasteiger partial charge in [0.05, 0.1) is 0 Å². The molecule has 0 aromatic rings. The summed E-state index contributed by atoms with van der Waals surface area (Å²) in [6.07, 6.45) is 32.0. The van der Waals surface area contributed by atoms with Crippen molar-refractivity contribution in [3.05, 3.63) is 0 Å². The normalized spacial score (nSPS) is 44.2. The van der Waals surface area contributed by atoms with Crippen LogP contribution >= 0.6 is 0 Å². The Balaban J connectivity index is 0.000000180. The van der Waals surface area contributed by atoms with Gasteiger partial charge in [-0.25, -0.2) is 0 Å². The van der Waals surface area contributed by atoms with E-state index in [0.29, 0.717) is 0 Å². The van der Waals surface area contributed by atoms with Gasteiger partial charge in [0.25, 0.3) is 0 Å². The molecule has 5 rings (SSSR count). The van der Waals surface area contributed by atoms with E-state index in [1.165, 1.54) is 64.2 Å². The molecule has 216 valence electrons. The largest absolute Gasteiger partial charge is 0.0654 e. The van der Waals surface area contributed by atoms with E-state index < -0.39 is 0 Å². The Bertz CT molecular complexity index is 614. The summed E-state index contributed by atoms with van der Waals surface area (Å²) < 4.78 is 0. The van der Waals surface area contributed by atoms with Crippen molar-refractivity contribution in [1.29, 1.82) is 0 Å². The van der Waals surface area contributed by atoms with Crippen molar-refractivity contribution in [2.24, 2.45) is 65.1 Å². The molecule has 0 aromatic carbocycles. The Labute approximate surface area is 234 Å². The van der Waals surface area contributed by atoms with Crippen LogP contribution < -0.4 is 0 Å². The van der Waals surface area contributed by atoms with Crippen molar-refractivity contribution in [2.45, 2.75) is 169 Å². The van der Waals surface area contributed by atoms with E-state index >= 15 is 0 Å². The van der Waals surface area contributed by atoms with Gasteiger partial charge in [0.15, 0.2) is 0 Å². The molecule has 0 nitrogen and oxygen atoms in total. The van der Waals surface area contributed by atoms with Crippen LogP contribution in [0, 0.1) is 65.1 Å². The summed E-state index contributed by atoms with van der Waals surface area (Å²) in [5.74, 6) is 11.9. The van der Waals surface area contributed by atoms with Crippen LogP contribution in [-0.4, -0.2) is 0 Å². The SMILES string of the molecule is CCCCC1C(C)CC2CCCC2C1C1CCC(C)CC1.CCCCC1CCCC(C2CCC(C)C2)C1. The van der Waals surface area contributed by atoms with Gasteiger partial charge in [-0.1, -0.05) is 118 Å². The first-order valence-corrected chi connectivity index (χ1v) is 18.0. The van der Waals surface area contributed by atoms with Crippen LogP contribution in [0.25, 0.3) is 0 Å². The van der Waals surface area contributed by atoms with Gasteiger partial charge in [-0.2, -0.15) is 0 Å². The Morgan fingerprint density at radius 1 is 0.514 bits per heavy atom. The number of fused-ring (bicyclic) bond motifs is 1. The van der Waals surface area contributed by atoms with Gasteiger partial charge in [-0.3, -0.25) is 0 Å². The average molecular weight is 513 g/mol. The molecule has 0 amide bonds. The van der Waals surface area contributed by atoms with Crippen molar-refractivity contribution in [3.8, 4) is 0 Å². The van der Waals surface area contributed by atoms with E-state index in [9.17, 15) is 0 Å². The topological polar surface area (TPSA) is 0 Å². The fraction of sp³-hybridized carbons (Fsp3) is 1.00. The molecule has 0 saturated heterocycles. The van der Waals surface area contributed by atoms with Gasteiger partial charge in [0.2, 0.25) is 0 Å². The van der Waals surface area contributed by atoms with E-state index in [2.05, 4.69) is 34.6 Å². The standard InChI is InChI=1S/C21H38.C16H30/c1-4-5-8-19-16(3)14-18-7-6-9-20(18)21(19)17-12-10-15(2)11-13-17;1-3-4-6-14-7-5-8-15(12-14)16-10-9-13(2)11-16/h15-21H,4-14H2,1-3H3;13-16H,3-12H2,1-2H3. The third-order valence-electron chi connectivity index (χ3n) is 12.8. The highest BCUT2D eigenvalue weighted by Gasteiger charge is 2.47. The lowest BCUT2D eigenvalue weighted by molar-refractivity contribution is -0.00156. The summed E-state index contributed by atoms with van der Waals surface area (Å²) >= 11 is 0. The van der Waals surface area contributed by atoms with Gasteiger partial charge < -0.3 is 0 Å². The minimum absolute atomic E-state index is 1.01. The maximum Gasteiger partial charge on any atom is -0.0324 e. The summed E-state index contributed by atoms with van der Waals surface area (Å²) in [5.41, 5.74) is 0. The Kier molecular flexibility index (Phi) is 12.2. The van der Waals surface area contributed by atoms with E-state index in [-0.39, 0.29) is 0 Å². The van der Waals surface area contributed by atoms with Crippen molar-refractivity contribution >= 4 is 0 Å².